The van der Waals surface area contributed by atoms with Crippen molar-refractivity contribution < 1.29 is 4.92 Å². The highest BCUT2D eigenvalue weighted by molar-refractivity contribution is 6.30. The van der Waals surface area contributed by atoms with Crippen LogP contribution in [0.4, 0.5) is 11.5 Å². The van der Waals surface area contributed by atoms with Crippen LogP contribution < -0.4 is 5.32 Å². The predicted molar refractivity (Wildman–Crippen MR) is 79.1 cm³/mol. The Labute approximate surface area is 126 Å². The van der Waals surface area contributed by atoms with Crippen LogP contribution in [-0.2, 0) is 0 Å². The summed E-state index contributed by atoms with van der Waals surface area (Å²) >= 11 is 5.93. The van der Waals surface area contributed by atoms with Crippen molar-refractivity contribution >= 4 is 23.1 Å². The van der Waals surface area contributed by atoms with Crippen LogP contribution in [0.3, 0.4) is 0 Å². The van der Waals surface area contributed by atoms with Crippen LogP contribution in [0.15, 0.2) is 36.4 Å². The molecule has 0 aliphatic carbocycles. The van der Waals surface area contributed by atoms with Gasteiger partial charge in [0.15, 0.2) is 0 Å². The van der Waals surface area contributed by atoms with Gasteiger partial charge in [0.05, 0.1) is 4.92 Å². The molecule has 0 aliphatic rings. The van der Waals surface area contributed by atoms with Crippen molar-refractivity contribution in [1.82, 2.24) is 4.98 Å². The molecular weight excluding hydrogens is 292 g/mol. The number of aromatic nitrogens is 1. The number of hydrogen-bond donors (Lipinski definition) is 1. The Morgan fingerprint density at radius 2 is 2.19 bits per heavy atom. The summed E-state index contributed by atoms with van der Waals surface area (Å²) < 4.78 is 0. The molecule has 1 unspecified atom stereocenters. The molecule has 1 N–H and O–H groups in total. The van der Waals surface area contributed by atoms with Gasteiger partial charge >= 0.3 is 5.69 Å². The third kappa shape index (κ3) is 3.46. The standard InChI is InChI=1S/C14H11ClN4O2/c1-9(10-3-2-4-11(15)7-10)17-14-6-5-13(19(20)21)12(8-16)18-14/h2-7,9H,1H3,(H,17,18). The molecule has 106 valence electrons. The third-order valence-electron chi connectivity index (χ3n) is 2.89. The van der Waals surface area contributed by atoms with Crippen molar-refractivity contribution in [3.05, 3.63) is 62.8 Å². The van der Waals surface area contributed by atoms with Crippen LogP contribution >= 0.6 is 11.6 Å². The van der Waals surface area contributed by atoms with Crippen molar-refractivity contribution in [3.63, 3.8) is 0 Å². The first-order valence-electron chi connectivity index (χ1n) is 6.09. The van der Waals surface area contributed by atoms with Crippen LogP contribution in [0.1, 0.15) is 24.2 Å². The summed E-state index contributed by atoms with van der Waals surface area (Å²) in [5.74, 6) is 0.393. The smallest absolute Gasteiger partial charge is 0.305 e. The average molecular weight is 303 g/mol. The number of nitrogens with one attached hydrogen (secondary N) is 1. The summed E-state index contributed by atoms with van der Waals surface area (Å²) in [4.78, 5) is 14.1. The summed E-state index contributed by atoms with van der Waals surface area (Å²) in [7, 11) is 0. The summed E-state index contributed by atoms with van der Waals surface area (Å²) in [6.45, 7) is 1.90. The highest BCUT2D eigenvalue weighted by Crippen LogP contribution is 2.23. The number of halogens is 1. The van der Waals surface area contributed by atoms with Gasteiger partial charge in [-0.05, 0) is 30.7 Å². The van der Waals surface area contributed by atoms with E-state index in [1.54, 1.807) is 12.1 Å². The second-order valence-electron chi connectivity index (χ2n) is 4.35. The van der Waals surface area contributed by atoms with Crippen molar-refractivity contribution in [3.8, 4) is 6.07 Å². The highest BCUT2D eigenvalue weighted by atomic mass is 35.5. The molecule has 1 atom stereocenters. The predicted octanol–water partition coefficient (Wildman–Crippen LogP) is 3.69. The van der Waals surface area contributed by atoms with Gasteiger partial charge in [-0.2, -0.15) is 5.26 Å². The number of benzene rings is 1. The molecule has 0 fully saturated rings. The summed E-state index contributed by atoms with van der Waals surface area (Å²) in [6.07, 6.45) is 0. The van der Waals surface area contributed by atoms with Gasteiger partial charge in [-0.1, -0.05) is 23.7 Å². The molecule has 2 rings (SSSR count). The van der Waals surface area contributed by atoms with Gasteiger partial charge in [0, 0.05) is 17.1 Å². The van der Waals surface area contributed by atoms with Gasteiger partial charge in [0.25, 0.3) is 0 Å². The van der Waals surface area contributed by atoms with Crippen molar-refractivity contribution in [2.45, 2.75) is 13.0 Å². The molecular formula is C14H11ClN4O2. The van der Waals surface area contributed by atoms with E-state index in [0.717, 1.165) is 5.56 Å². The summed E-state index contributed by atoms with van der Waals surface area (Å²) in [6, 6.07) is 11.7. The molecule has 0 bridgehead atoms. The molecule has 0 radical (unpaired) electrons. The lowest BCUT2D eigenvalue weighted by Gasteiger charge is -2.15. The Morgan fingerprint density at radius 1 is 1.43 bits per heavy atom. The Morgan fingerprint density at radius 3 is 2.81 bits per heavy atom. The zero-order valence-electron chi connectivity index (χ0n) is 11.1. The highest BCUT2D eigenvalue weighted by Gasteiger charge is 2.16. The van der Waals surface area contributed by atoms with Crippen molar-refractivity contribution in [2.24, 2.45) is 0 Å². The Kier molecular flexibility index (Phi) is 4.36. The molecule has 0 aliphatic heterocycles. The monoisotopic (exact) mass is 302 g/mol. The summed E-state index contributed by atoms with van der Waals surface area (Å²) in [5.41, 5.74) is 0.419. The molecule has 0 saturated carbocycles. The topological polar surface area (TPSA) is 91.9 Å². The number of rotatable bonds is 4. The molecule has 0 saturated heterocycles. The van der Waals surface area contributed by atoms with Crippen LogP contribution in [0.25, 0.3) is 0 Å². The van der Waals surface area contributed by atoms with Crippen LogP contribution in [-0.4, -0.2) is 9.91 Å². The molecule has 7 heteroatoms. The van der Waals surface area contributed by atoms with Crippen LogP contribution in [0, 0.1) is 21.4 Å². The number of pyridine rings is 1. The molecule has 1 aromatic heterocycles. The minimum atomic E-state index is -0.629. The molecule has 2 aromatic rings. The molecule has 21 heavy (non-hydrogen) atoms. The molecule has 1 aromatic carbocycles. The van der Waals surface area contributed by atoms with E-state index in [1.165, 1.54) is 12.1 Å². The van der Waals surface area contributed by atoms with Crippen LogP contribution in [0.2, 0.25) is 5.02 Å². The van der Waals surface area contributed by atoms with Crippen LogP contribution in [0.5, 0.6) is 0 Å². The number of nitriles is 1. The quantitative estimate of drug-likeness (QED) is 0.687. The van der Waals surface area contributed by atoms with Gasteiger partial charge in [0.2, 0.25) is 5.69 Å². The fourth-order valence-corrected chi connectivity index (χ4v) is 2.04. The fourth-order valence-electron chi connectivity index (χ4n) is 1.84. The number of anilines is 1. The Bertz CT molecular complexity index is 727. The first-order chi connectivity index (χ1) is 10.0. The maximum absolute atomic E-state index is 10.8. The van der Waals surface area contributed by atoms with Gasteiger partial charge < -0.3 is 5.32 Å². The molecule has 0 amide bonds. The van der Waals surface area contributed by atoms with Gasteiger partial charge in [-0.3, -0.25) is 10.1 Å². The number of nitrogens with zero attached hydrogens (tertiary/aromatic N) is 3. The third-order valence-corrected chi connectivity index (χ3v) is 3.12. The number of hydrogen-bond acceptors (Lipinski definition) is 5. The SMILES string of the molecule is CC(Nc1ccc([N+](=O)[O-])c(C#N)n1)c1cccc(Cl)c1. The van der Waals surface area contributed by atoms with E-state index < -0.39 is 4.92 Å². The van der Waals surface area contributed by atoms with Crippen molar-refractivity contribution in [2.75, 3.05) is 5.32 Å². The second-order valence-corrected chi connectivity index (χ2v) is 4.79. The summed E-state index contributed by atoms with van der Waals surface area (Å²) in [5, 5.41) is 23.4. The van der Waals surface area contributed by atoms with Gasteiger partial charge in [-0.25, -0.2) is 4.98 Å². The van der Waals surface area contributed by atoms with Crippen molar-refractivity contribution in [1.29, 1.82) is 5.26 Å². The van der Waals surface area contributed by atoms with E-state index in [9.17, 15) is 10.1 Å². The maximum Gasteiger partial charge on any atom is 0.305 e. The molecule has 0 spiro atoms. The van der Waals surface area contributed by atoms with E-state index >= 15 is 0 Å². The van der Waals surface area contributed by atoms with Gasteiger partial charge in [-0.15, -0.1) is 0 Å². The zero-order valence-corrected chi connectivity index (χ0v) is 11.8. The lowest BCUT2D eigenvalue weighted by atomic mass is 10.1. The first kappa shape index (κ1) is 14.8. The average Bonchev–Trinajstić information content (AvgIpc) is 2.46. The van der Waals surface area contributed by atoms with E-state index in [1.807, 2.05) is 25.1 Å². The fraction of sp³-hybridized carbons (Fsp3) is 0.143. The lowest BCUT2D eigenvalue weighted by Crippen LogP contribution is -2.09. The number of nitro groups is 1. The minimum absolute atomic E-state index is 0.107. The molecule has 1 heterocycles. The molecule has 6 nitrogen and oxygen atoms in total. The zero-order chi connectivity index (χ0) is 15.4. The van der Waals surface area contributed by atoms with E-state index in [-0.39, 0.29) is 17.4 Å². The normalized spacial score (nSPS) is 11.5. The van der Waals surface area contributed by atoms with E-state index in [4.69, 9.17) is 16.9 Å². The lowest BCUT2D eigenvalue weighted by molar-refractivity contribution is -0.385. The second kappa shape index (κ2) is 6.20. The Balaban J connectivity index is 2.24. The largest absolute Gasteiger partial charge is 0.364 e. The van der Waals surface area contributed by atoms with E-state index in [2.05, 4.69) is 10.3 Å². The van der Waals surface area contributed by atoms with E-state index in [0.29, 0.717) is 10.8 Å². The minimum Gasteiger partial charge on any atom is -0.364 e. The maximum atomic E-state index is 10.8. The first-order valence-corrected chi connectivity index (χ1v) is 6.46. The Hall–Kier alpha value is -2.65. The van der Waals surface area contributed by atoms with Gasteiger partial charge in [0.1, 0.15) is 11.9 Å².